The van der Waals surface area contributed by atoms with Gasteiger partial charge in [-0.15, -0.1) is 11.3 Å². The van der Waals surface area contributed by atoms with Gasteiger partial charge >= 0.3 is 6.01 Å². The summed E-state index contributed by atoms with van der Waals surface area (Å²) in [5.74, 6) is 1.84. The first-order chi connectivity index (χ1) is 16.7. The highest BCUT2D eigenvalue weighted by molar-refractivity contribution is 7.16. The normalized spacial score (nSPS) is 19.6. The summed E-state index contributed by atoms with van der Waals surface area (Å²) in [6.07, 6.45) is 7.28. The summed E-state index contributed by atoms with van der Waals surface area (Å²) in [5.41, 5.74) is 9.13. The molecular formula is C25H22N6O2S. The molecule has 2 fully saturated rings. The number of hydrogen-bond acceptors (Lipinski definition) is 8. The predicted octanol–water partition coefficient (Wildman–Crippen LogP) is 4.96. The molecule has 1 aromatic carbocycles. The van der Waals surface area contributed by atoms with Crippen molar-refractivity contribution in [1.82, 2.24) is 29.5 Å². The molecule has 2 aliphatic rings. The zero-order valence-corrected chi connectivity index (χ0v) is 19.6. The molecule has 34 heavy (non-hydrogen) atoms. The summed E-state index contributed by atoms with van der Waals surface area (Å²) >= 11 is 1.69. The van der Waals surface area contributed by atoms with E-state index in [9.17, 15) is 0 Å². The molecule has 4 aromatic heterocycles. The van der Waals surface area contributed by atoms with Gasteiger partial charge in [0.1, 0.15) is 0 Å². The average molecular weight is 471 g/mol. The predicted molar refractivity (Wildman–Crippen MR) is 129 cm³/mol. The first-order valence-electron chi connectivity index (χ1n) is 11.4. The van der Waals surface area contributed by atoms with Crippen molar-refractivity contribution in [3.05, 3.63) is 59.0 Å². The fourth-order valence-electron chi connectivity index (χ4n) is 4.79. The van der Waals surface area contributed by atoms with Gasteiger partial charge in [-0.3, -0.25) is 0 Å². The number of benzene rings is 1. The van der Waals surface area contributed by atoms with Crippen LogP contribution in [-0.2, 0) is 0 Å². The number of fused-ring (bicyclic) bond motifs is 2. The van der Waals surface area contributed by atoms with E-state index in [2.05, 4.69) is 45.4 Å². The lowest BCUT2D eigenvalue weighted by atomic mass is 10.0. The molecule has 0 bridgehead atoms. The topological polar surface area (TPSA) is 87.3 Å². The van der Waals surface area contributed by atoms with Crippen LogP contribution in [0.4, 0.5) is 0 Å². The summed E-state index contributed by atoms with van der Waals surface area (Å²) < 4.78 is 13.9. The van der Waals surface area contributed by atoms with Crippen LogP contribution in [0.5, 0.6) is 11.9 Å². The third kappa shape index (κ3) is 3.22. The zero-order valence-electron chi connectivity index (χ0n) is 18.8. The molecule has 8 nitrogen and oxygen atoms in total. The molecule has 2 aliphatic carbocycles. The number of aromatic nitrogens is 6. The Morgan fingerprint density at radius 1 is 1.03 bits per heavy atom. The Labute approximate surface area is 199 Å². The molecule has 7 rings (SSSR count). The molecule has 2 saturated carbocycles. The van der Waals surface area contributed by atoms with Crippen LogP contribution in [0, 0.1) is 0 Å². The van der Waals surface area contributed by atoms with Crippen LogP contribution in [-0.4, -0.2) is 43.8 Å². The molecule has 0 N–H and O–H groups in total. The maximum absolute atomic E-state index is 5.55. The van der Waals surface area contributed by atoms with Gasteiger partial charge in [0.2, 0.25) is 5.88 Å². The molecule has 5 aromatic rings. The molecule has 0 saturated heterocycles. The molecule has 2 atom stereocenters. The molecule has 170 valence electrons. The standard InChI is InChI=1S/C25H22N6O2S/c1-32-24-18(10-26-25(29-24)33-2)20-9-17(23-28-21(13-3-4-13)11-31(23)30-20)16-8-15(16)14-5-6-19-22(7-14)34-12-27-19/h5-7,9-13,15-16H,3-4,8H2,1-2H3/t15-,16+/m1/s1. The Hall–Kier alpha value is -3.59. The number of thiazole rings is 1. The van der Waals surface area contributed by atoms with Gasteiger partial charge in [0.15, 0.2) is 5.65 Å². The van der Waals surface area contributed by atoms with E-state index in [0.29, 0.717) is 23.6 Å². The summed E-state index contributed by atoms with van der Waals surface area (Å²) in [7, 11) is 3.14. The molecule has 0 aliphatic heterocycles. The van der Waals surface area contributed by atoms with E-state index in [4.69, 9.17) is 19.6 Å². The SMILES string of the molecule is COc1ncc(-c2cc([C@H]3C[C@@H]3c3ccc4ncsc4c3)c3nc(C4CC4)cn3n2)c(OC)n1. The summed E-state index contributed by atoms with van der Waals surface area (Å²) in [4.78, 5) is 18.1. The van der Waals surface area contributed by atoms with Gasteiger partial charge in [-0.1, -0.05) is 6.07 Å². The lowest BCUT2D eigenvalue weighted by Gasteiger charge is -2.10. The first kappa shape index (κ1) is 19.8. The summed E-state index contributed by atoms with van der Waals surface area (Å²) in [5, 5.41) is 4.89. The lowest BCUT2D eigenvalue weighted by molar-refractivity contribution is 0.353. The van der Waals surface area contributed by atoms with Crippen molar-refractivity contribution in [1.29, 1.82) is 0 Å². The lowest BCUT2D eigenvalue weighted by Crippen LogP contribution is -2.02. The van der Waals surface area contributed by atoms with Crippen LogP contribution in [0.2, 0.25) is 0 Å². The van der Waals surface area contributed by atoms with Crippen LogP contribution in [0.3, 0.4) is 0 Å². The Morgan fingerprint density at radius 3 is 2.76 bits per heavy atom. The minimum atomic E-state index is 0.265. The second-order valence-corrected chi connectivity index (χ2v) is 9.89. The number of nitrogens with zero attached hydrogens (tertiary/aromatic N) is 6. The highest BCUT2D eigenvalue weighted by atomic mass is 32.1. The first-order valence-corrected chi connectivity index (χ1v) is 12.3. The van der Waals surface area contributed by atoms with Gasteiger partial charge < -0.3 is 9.47 Å². The minimum absolute atomic E-state index is 0.265. The second-order valence-electron chi connectivity index (χ2n) is 9.00. The van der Waals surface area contributed by atoms with E-state index < -0.39 is 0 Å². The van der Waals surface area contributed by atoms with Crippen molar-refractivity contribution < 1.29 is 9.47 Å². The molecule has 9 heteroatoms. The van der Waals surface area contributed by atoms with Crippen LogP contribution < -0.4 is 9.47 Å². The third-order valence-electron chi connectivity index (χ3n) is 6.83. The van der Waals surface area contributed by atoms with Gasteiger partial charge in [-0.2, -0.15) is 10.1 Å². The Bertz CT molecular complexity index is 1560. The van der Waals surface area contributed by atoms with Crippen molar-refractivity contribution in [2.75, 3.05) is 14.2 Å². The highest BCUT2D eigenvalue weighted by Crippen LogP contribution is 2.56. The van der Waals surface area contributed by atoms with E-state index in [1.807, 2.05) is 10.0 Å². The van der Waals surface area contributed by atoms with E-state index in [-0.39, 0.29) is 6.01 Å². The third-order valence-corrected chi connectivity index (χ3v) is 7.62. The second kappa shape index (κ2) is 7.46. The number of hydrogen-bond donors (Lipinski definition) is 0. The van der Waals surface area contributed by atoms with Crippen LogP contribution in [0.1, 0.15) is 53.8 Å². The molecule has 0 radical (unpaired) electrons. The van der Waals surface area contributed by atoms with Crippen molar-refractivity contribution >= 4 is 27.2 Å². The summed E-state index contributed by atoms with van der Waals surface area (Å²) in [6.45, 7) is 0. The van der Waals surface area contributed by atoms with Crippen molar-refractivity contribution in [3.63, 3.8) is 0 Å². The monoisotopic (exact) mass is 470 g/mol. The molecule has 4 heterocycles. The maximum atomic E-state index is 5.55. The van der Waals surface area contributed by atoms with Crippen LogP contribution in [0.15, 0.2) is 42.2 Å². The fourth-order valence-corrected chi connectivity index (χ4v) is 5.51. The number of rotatable bonds is 6. The zero-order chi connectivity index (χ0) is 22.8. The van der Waals surface area contributed by atoms with Crippen LogP contribution in [0.25, 0.3) is 27.1 Å². The van der Waals surface area contributed by atoms with Crippen molar-refractivity contribution in [3.8, 4) is 23.1 Å². The molecular weight excluding hydrogens is 448 g/mol. The molecule has 0 amide bonds. The average Bonchev–Trinajstić information content (AvgIpc) is 3.79. The summed E-state index contributed by atoms with van der Waals surface area (Å²) in [6, 6.07) is 9.04. The molecule has 0 unspecified atom stereocenters. The minimum Gasteiger partial charge on any atom is -0.480 e. The quantitative estimate of drug-likeness (QED) is 0.346. The van der Waals surface area contributed by atoms with E-state index in [1.54, 1.807) is 31.8 Å². The number of imidazole rings is 1. The Morgan fingerprint density at radius 2 is 1.94 bits per heavy atom. The smallest absolute Gasteiger partial charge is 0.319 e. The van der Waals surface area contributed by atoms with Crippen molar-refractivity contribution in [2.24, 2.45) is 0 Å². The maximum Gasteiger partial charge on any atom is 0.319 e. The van der Waals surface area contributed by atoms with E-state index >= 15 is 0 Å². The van der Waals surface area contributed by atoms with E-state index in [1.165, 1.54) is 28.7 Å². The van der Waals surface area contributed by atoms with Gasteiger partial charge in [-0.05, 0) is 54.9 Å². The largest absolute Gasteiger partial charge is 0.480 e. The Kier molecular flexibility index (Phi) is 4.35. The highest BCUT2D eigenvalue weighted by Gasteiger charge is 2.42. The fraction of sp³-hybridized carbons (Fsp3) is 0.320. The Balaban J connectivity index is 1.34. The van der Waals surface area contributed by atoms with Gasteiger partial charge in [-0.25, -0.2) is 19.5 Å². The number of methoxy groups -OCH3 is 2. The van der Waals surface area contributed by atoms with Crippen LogP contribution >= 0.6 is 11.3 Å². The van der Waals surface area contributed by atoms with Gasteiger partial charge in [0.25, 0.3) is 0 Å². The van der Waals surface area contributed by atoms with Gasteiger partial charge in [0.05, 0.1) is 53.1 Å². The number of ether oxygens (including phenoxy) is 2. The molecule has 0 spiro atoms. The van der Waals surface area contributed by atoms with Crippen molar-refractivity contribution in [2.45, 2.75) is 37.0 Å². The van der Waals surface area contributed by atoms with E-state index in [0.717, 1.165) is 34.5 Å². The van der Waals surface area contributed by atoms with Gasteiger partial charge in [0, 0.05) is 17.7 Å².